The van der Waals surface area contributed by atoms with E-state index in [-0.39, 0.29) is 37.9 Å². The van der Waals surface area contributed by atoms with Crippen molar-refractivity contribution in [2.75, 3.05) is 6.61 Å². The van der Waals surface area contributed by atoms with Gasteiger partial charge in [0.2, 0.25) is 0 Å². The molecule has 1 atom stereocenters. The van der Waals surface area contributed by atoms with Gasteiger partial charge in [-0.25, -0.2) is 4.98 Å². The zero-order valence-electron chi connectivity index (χ0n) is 28.9. The summed E-state index contributed by atoms with van der Waals surface area (Å²) in [5.41, 5.74) is 7.57. The van der Waals surface area contributed by atoms with Crippen LogP contribution in [0.4, 0.5) is 0 Å². The van der Waals surface area contributed by atoms with E-state index in [0.717, 1.165) is 38.9 Å². The number of aliphatic imine (C=N–C) groups is 1. The average molecular weight is 807 g/mol. The van der Waals surface area contributed by atoms with Gasteiger partial charge >= 0.3 is 21.1 Å². The van der Waals surface area contributed by atoms with Crippen molar-refractivity contribution in [2.45, 2.75) is 97.9 Å². The first-order chi connectivity index (χ1) is 21.9. The first-order valence-corrected chi connectivity index (χ1v) is 16.8. The maximum atomic E-state index is 6.59. The van der Waals surface area contributed by atoms with Crippen LogP contribution < -0.4 is 4.74 Å². The number of fused-ring (bicyclic) bond motifs is 3. The Morgan fingerprint density at radius 2 is 1.55 bits per heavy atom. The molecule has 3 aromatic carbocycles. The minimum atomic E-state index is -0.00516. The Balaban J connectivity index is 0.00000386. The smallest absolute Gasteiger partial charge is 0.518 e. The van der Waals surface area contributed by atoms with Crippen molar-refractivity contribution < 1.29 is 30.5 Å². The second kappa shape index (κ2) is 12.5. The Morgan fingerprint density at radius 1 is 0.830 bits per heavy atom. The molecule has 1 aliphatic heterocycles. The number of nitrogens with zero attached hydrogens (tertiary/aromatic N) is 3. The van der Waals surface area contributed by atoms with Crippen LogP contribution in [0.15, 0.2) is 59.7 Å². The van der Waals surface area contributed by atoms with E-state index < -0.39 is 0 Å². The maximum Gasteiger partial charge on any atom is 2.00 e. The molecular weight excluding hydrogens is 762 g/mol. The van der Waals surface area contributed by atoms with Crippen LogP contribution in [-0.4, -0.2) is 28.1 Å². The summed E-state index contributed by atoms with van der Waals surface area (Å²) in [6.07, 6.45) is 7.01. The summed E-state index contributed by atoms with van der Waals surface area (Å²) in [4.78, 5) is 9.89. The Labute approximate surface area is 294 Å². The third-order valence-corrected chi connectivity index (χ3v) is 9.82. The van der Waals surface area contributed by atoms with E-state index in [1.165, 1.54) is 42.2 Å². The van der Waals surface area contributed by atoms with Gasteiger partial charge in [-0.05, 0) is 64.3 Å². The van der Waals surface area contributed by atoms with Gasteiger partial charge in [-0.15, -0.1) is 29.1 Å². The van der Waals surface area contributed by atoms with E-state index in [4.69, 9.17) is 19.5 Å². The van der Waals surface area contributed by atoms with Crippen molar-refractivity contribution in [1.29, 1.82) is 0 Å². The van der Waals surface area contributed by atoms with Crippen molar-refractivity contribution >= 4 is 27.7 Å². The van der Waals surface area contributed by atoms with Crippen LogP contribution in [0.5, 0.6) is 11.5 Å². The van der Waals surface area contributed by atoms with Crippen molar-refractivity contribution in [2.24, 2.45) is 10.9 Å². The summed E-state index contributed by atoms with van der Waals surface area (Å²) in [5, 5.41) is 2.30. The molecule has 246 valence electrons. The molecule has 0 unspecified atom stereocenters. The molecular formula is C41H45N3O2Pt. The fraction of sp³-hybridized carbons (Fsp3) is 0.415. The summed E-state index contributed by atoms with van der Waals surface area (Å²) >= 11 is 0. The molecule has 1 aliphatic carbocycles. The van der Waals surface area contributed by atoms with Gasteiger partial charge in [-0.1, -0.05) is 103 Å². The second-order valence-electron chi connectivity index (χ2n) is 15.4. The minimum absolute atomic E-state index is 0. The summed E-state index contributed by atoms with van der Waals surface area (Å²) in [6.45, 7) is 18.3. The molecule has 0 amide bonds. The number of aromatic nitrogens is 2. The predicted molar refractivity (Wildman–Crippen MR) is 188 cm³/mol. The Bertz CT molecular complexity index is 1990. The maximum absolute atomic E-state index is 6.59. The van der Waals surface area contributed by atoms with Gasteiger partial charge in [0.25, 0.3) is 0 Å². The summed E-state index contributed by atoms with van der Waals surface area (Å²) in [6, 6.07) is 24.8. The summed E-state index contributed by atoms with van der Waals surface area (Å²) < 4.78 is 15.0. The molecule has 0 bridgehead atoms. The summed E-state index contributed by atoms with van der Waals surface area (Å²) in [7, 11) is 0. The van der Waals surface area contributed by atoms with E-state index in [1.807, 2.05) is 12.3 Å². The van der Waals surface area contributed by atoms with Crippen LogP contribution in [0.1, 0.15) is 95.0 Å². The minimum Gasteiger partial charge on any atom is -0.518 e. The van der Waals surface area contributed by atoms with Gasteiger partial charge in [0.1, 0.15) is 11.7 Å². The number of aryl methyl sites for hydroxylation is 2. The molecule has 2 aliphatic rings. The zero-order chi connectivity index (χ0) is 32.4. The van der Waals surface area contributed by atoms with Gasteiger partial charge in [0, 0.05) is 23.2 Å². The quantitative estimate of drug-likeness (QED) is 0.166. The van der Waals surface area contributed by atoms with E-state index in [9.17, 15) is 0 Å². The molecule has 5 nitrogen and oxygen atoms in total. The Morgan fingerprint density at radius 3 is 2.28 bits per heavy atom. The van der Waals surface area contributed by atoms with Gasteiger partial charge < -0.3 is 14.0 Å². The third-order valence-electron chi connectivity index (χ3n) is 9.82. The molecule has 0 spiro atoms. The summed E-state index contributed by atoms with van der Waals surface area (Å²) in [5.74, 6) is 3.49. The van der Waals surface area contributed by atoms with Crippen LogP contribution in [-0.2, 0) is 36.6 Å². The van der Waals surface area contributed by atoms with Gasteiger partial charge in [-0.3, -0.25) is 4.99 Å². The second-order valence-corrected chi connectivity index (χ2v) is 15.4. The zero-order valence-corrected chi connectivity index (χ0v) is 31.1. The first-order valence-electron chi connectivity index (χ1n) is 16.8. The molecule has 0 saturated heterocycles. The molecule has 0 radical (unpaired) electrons. The van der Waals surface area contributed by atoms with Crippen molar-refractivity contribution in [1.82, 2.24) is 9.55 Å². The van der Waals surface area contributed by atoms with Crippen molar-refractivity contribution in [3.8, 4) is 17.3 Å². The van der Waals surface area contributed by atoms with Crippen LogP contribution in [0, 0.1) is 31.9 Å². The van der Waals surface area contributed by atoms with Crippen molar-refractivity contribution in [3.05, 3.63) is 94.7 Å². The molecule has 2 aromatic heterocycles. The molecule has 7 rings (SSSR count). The molecule has 47 heavy (non-hydrogen) atoms. The molecule has 5 aromatic rings. The number of pyridine rings is 1. The van der Waals surface area contributed by atoms with E-state index in [1.54, 1.807) is 0 Å². The standard InChI is InChI=1S/C41H45N3O2.Pt/c1-25-19-26(2)37(23-32(25)39-43-34(24-45-39)27-11-9-10-12-27)46-30-14-15-31-33-20-28(40(3,4)5)13-16-35(33)44(36(31)22-30)38-21-29(17-18-42-38)41(6,7)8;/h13-21,27,34H,9-12,24H2,1-8H3;/q-2;+2/t34-;/m0./s1. The van der Waals surface area contributed by atoms with Gasteiger partial charge in [-0.2, -0.15) is 6.07 Å². The normalized spacial score (nSPS) is 17.2. The number of rotatable bonds is 5. The van der Waals surface area contributed by atoms with Gasteiger partial charge in [0.15, 0.2) is 0 Å². The third kappa shape index (κ3) is 6.41. The molecule has 0 N–H and O–H groups in total. The van der Waals surface area contributed by atoms with E-state index in [0.29, 0.717) is 29.9 Å². The van der Waals surface area contributed by atoms with E-state index in [2.05, 4.69) is 115 Å². The molecule has 6 heteroatoms. The fourth-order valence-electron chi connectivity index (χ4n) is 7.02. The topological polar surface area (TPSA) is 48.6 Å². The number of hydrogen-bond donors (Lipinski definition) is 0. The molecule has 3 heterocycles. The van der Waals surface area contributed by atoms with Crippen LogP contribution in [0.3, 0.4) is 0 Å². The van der Waals surface area contributed by atoms with Crippen molar-refractivity contribution in [3.63, 3.8) is 0 Å². The molecule has 1 saturated carbocycles. The van der Waals surface area contributed by atoms with Crippen LogP contribution >= 0.6 is 0 Å². The fourth-order valence-corrected chi connectivity index (χ4v) is 7.02. The SMILES string of the molecule is Cc1cc(C)c(C2=N[C@H](C3CCCC3)CO2)[c-]c1Oc1[c-]c2c(cc1)c1cc(C(C)(C)C)ccc1n2-c1cc(C(C)(C)C)ccn1.[Pt+2]. The van der Waals surface area contributed by atoms with Gasteiger partial charge in [0.05, 0.1) is 12.6 Å². The van der Waals surface area contributed by atoms with Crippen LogP contribution in [0.25, 0.3) is 27.6 Å². The largest absolute Gasteiger partial charge is 2.00 e. The van der Waals surface area contributed by atoms with E-state index >= 15 is 0 Å². The molecule has 1 fully saturated rings. The number of ether oxygens (including phenoxy) is 2. The first kappa shape index (κ1) is 33.5. The Hall–Kier alpha value is -3.43. The average Bonchev–Trinajstić information content (AvgIpc) is 3.77. The Kier molecular flexibility index (Phi) is 8.93. The number of hydrogen-bond acceptors (Lipinski definition) is 4. The monoisotopic (exact) mass is 806 g/mol. The number of benzene rings is 3. The van der Waals surface area contributed by atoms with Crippen LogP contribution in [0.2, 0.25) is 0 Å². The predicted octanol–water partition coefficient (Wildman–Crippen LogP) is 10.1.